The van der Waals surface area contributed by atoms with Crippen LogP contribution in [0.1, 0.15) is 37.3 Å². The van der Waals surface area contributed by atoms with E-state index in [0.717, 1.165) is 30.4 Å². The van der Waals surface area contributed by atoms with E-state index in [1.54, 1.807) is 35.5 Å². The van der Waals surface area contributed by atoms with Gasteiger partial charge in [0.1, 0.15) is 18.1 Å². The Morgan fingerprint density at radius 1 is 1.06 bits per heavy atom. The van der Waals surface area contributed by atoms with Crippen molar-refractivity contribution in [3.05, 3.63) is 53.6 Å². The average Bonchev–Trinajstić information content (AvgIpc) is 2.80. The number of carbonyl (C=O) groups is 1. The number of amides is 1. The molecule has 0 aromatic heterocycles. The zero-order valence-electron chi connectivity index (χ0n) is 19.0. The Balaban J connectivity index is 1.44. The van der Waals surface area contributed by atoms with Gasteiger partial charge in [0, 0.05) is 13.1 Å². The van der Waals surface area contributed by atoms with Crippen LogP contribution in [-0.4, -0.2) is 51.0 Å². The van der Waals surface area contributed by atoms with Gasteiger partial charge in [0.25, 0.3) is 5.91 Å². The molecule has 1 saturated heterocycles. The van der Waals surface area contributed by atoms with Gasteiger partial charge in [-0.1, -0.05) is 18.6 Å². The number of nitrogens with zero attached hydrogens (tertiary/aromatic N) is 1. The normalized spacial score (nSPS) is 15.7. The van der Waals surface area contributed by atoms with Crippen molar-refractivity contribution in [1.29, 1.82) is 0 Å². The van der Waals surface area contributed by atoms with Gasteiger partial charge in [-0.2, -0.15) is 4.31 Å². The monoisotopic (exact) mass is 460 g/mol. The second-order valence-corrected chi connectivity index (χ2v) is 10.0. The van der Waals surface area contributed by atoms with Crippen LogP contribution >= 0.6 is 0 Å². The fourth-order valence-electron chi connectivity index (χ4n) is 3.53. The van der Waals surface area contributed by atoms with Gasteiger partial charge >= 0.3 is 0 Å². The Morgan fingerprint density at radius 3 is 2.44 bits per heavy atom. The Bertz CT molecular complexity index is 1020. The van der Waals surface area contributed by atoms with Crippen LogP contribution in [0, 0.1) is 13.8 Å². The molecule has 0 aliphatic carbocycles. The number of nitrogens with one attached hydrogen (secondary N) is 1. The van der Waals surface area contributed by atoms with Crippen LogP contribution in [-0.2, 0) is 14.8 Å². The molecular weight excluding hydrogens is 428 g/mol. The lowest BCUT2D eigenvalue weighted by molar-refractivity contribution is -0.127. The highest BCUT2D eigenvalue weighted by Crippen LogP contribution is 2.23. The van der Waals surface area contributed by atoms with Crippen LogP contribution in [0.25, 0.3) is 0 Å². The lowest BCUT2D eigenvalue weighted by Crippen LogP contribution is -2.38. The quantitative estimate of drug-likeness (QED) is 0.580. The predicted molar refractivity (Wildman–Crippen MR) is 124 cm³/mol. The number of ether oxygens (including phenoxy) is 2. The third kappa shape index (κ3) is 6.23. The SMILES string of the molecule is Cc1ccc(C)c(O[C@H](C)C(=O)NCCOc2ccc(S(=O)(=O)N3CCCCC3)cc2)c1. The molecule has 0 radical (unpaired) electrons. The van der Waals surface area contributed by atoms with Crippen molar-refractivity contribution in [3.63, 3.8) is 0 Å². The summed E-state index contributed by atoms with van der Waals surface area (Å²) >= 11 is 0. The van der Waals surface area contributed by atoms with Crippen molar-refractivity contribution >= 4 is 15.9 Å². The van der Waals surface area contributed by atoms with Gasteiger partial charge in [-0.05, 0) is 75.1 Å². The summed E-state index contributed by atoms with van der Waals surface area (Å²) in [6.07, 6.45) is 2.25. The van der Waals surface area contributed by atoms with Crippen molar-refractivity contribution in [2.45, 2.75) is 51.0 Å². The maximum atomic E-state index is 12.7. The van der Waals surface area contributed by atoms with E-state index in [9.17, 15) is 13.2 Å². The first-order valence-electron chi connectivity index (χ1n) is 11.0. The van der Waals surface area contributed by atoms with Crippen LogP contribution in [0.15, 0.2) is 47.4 Å². The van der Waals surface area contributed by atoms with E-state index in [0.29, 0.717) is 31.1 Å². The van der Waals surface area contributed by atoms with E-state index in [1.807, 2.05) is 32.0 Å². The van der Waals surface area contributed by atoms with Crippen molar-refractivity contribution < 1.29 is 22.7 Å². The van der Waals surface area contributed by atoms with Crippen molar-refractivity contribution in [3.8, 4) is 11.5 Å². The Labute approximate surface area is 190 Å². The van der Waals surface area contributed by atoms with Gasteiger partial charge in [-0.15, -0.1) is 0 Å². The number of carbonyl (C=O) groups excluding carboxylic acids is 1. The van der Waals surface area contributed by atoms with Crippen LogP contribution < -0.4 is 14.8 Å². The van der Waals surface area contributed by atoms with E-state index in [-0.39, 0.29) is 17.4 Å². The van der Waals surface area contributed by atoms with E-state index in [2.05, 4.69) is 5.32 Å². The highest BCUT2D eigenvalue weighted by Gasteiger charge is 2.25. The topological polar surface area (TPSA) is 84.9 Å². The molecule has 1 atom stereocenters. The zero-order chi connectivity index (χ0) is 23.1. The van der Waals surface area contributed by atoms with E-state index in [4.69, 9.17) is 9.47 Å². The molecule has 1 fully saturated rings. The molecule has 174 valence electrons. The molecule has 1 amide bonds. The molecule has 2 aromatic rings. The minimum Gasteiger partial charge on any atom is -0.492 e. The smallest absolute Gasteiger partial charge is 0.260 e. The Morgan fingerprint density at radius 2 is 1.75 bits per heavy atom. The maximum Gasteiger partial charge on any atom is 0.260 e. The summed E-state index contributed by atoms with van der Waals surface area (Å²) in [5.41, 5.74) is 2.05. The van der Waals surface area contributed by atoms with Crippen molar-refractivity contribution in [2.75, 3.05) is 26.2 Å². The molecule has 8 heteroatoms. The van der Waals surface area contributed by atoms with E-state index < -0.39 is 16.1 Å². The van der Waals surface area contributed by atoms with Gasteiger partial charge < -0.3 is 14.8 Å². The Kier molecular flexibility index (Phi) is 8.15. The molecule has 0 saturated carbocycles. The molecule has 32 heavy (non-hydrogen) atoms. The van der Waals surface area contributed by atoms with Gasteiger partial charge in [0.2, 0.25) is 10.0 Å². The summed E-state index contributed by atoms with van der Waals surface area (Å²) in [6.45, 7) is 7.35. The fraction of sp³-hybridized carbons (Fsp3) is 0.458. The highest BCUT2D eigenvalue weighted by molar-refractivity contribution is 7.89. The summed E-state index contributed by atoms with van der Waals surface area (Å²) in [5, 5.41) is 2.79. The molecule has 0 unspecified atom stereocenters. The molecule has 1 heterocycles. The molecule has 0 spiro atoms. The summed E-state index contributed by atoms with van der Waals surface area (Å²) in [4.78, 5) is 12.6. The number of benzene rings is 2. The number of hydrogen-bond donors (Lipinski definition) is 1. The first kappa shape index (κ1) is 24.1. The van der Waals surface area contributed by atoms with Crippen LogP contribution in [0.5, 0.6) is 11.5 Å². The standard InChI is InChI=1S/C24H32N2O5S/c1-18-7-8-19(2)23(17-18)31-20(3)24(27)25-13-16-30-21-9-11-22(12-10-21)32(28,29)26-14-5-4-6-15-26/h7-12,17,20H,4-6,13-16H2,1-3H3,(H,25,27)/t20-/m1/s1. The molecular formula is C24H32N2O5S. The third-order valence-corrected chi connectivity index (χ3v) is 7.38. The first-order valence-corrected chi connectivity index (χ1v) is 12.5. The van der Waals surface area contributed by atoms with Gasteiger partial charge in [-0.25, -0.2) is 8.42 Å². The number of aryl methyl sites for hydroxylation is 2. The minimum atomic E-state index is -3.45. The molecule has 1 N–H and O–H groups in total. The number of rotatable bonds is 9. The maximum absolute atomic E-state index is 12.7. The highest BCUT2D eigenvalue weighted by atomic mass is 32.2. The average molecular weight is 461 g/mol. The predicted octanol–water partition coefficient (Wildman–Crippen LogP) is 3.44. The second kappa shape index (κ2) is 10.8. The van der Waals surface area contributed by atoms with Gasteiger partial charge in [0.15, 0.2) is 6.10 Å². The third-order valence-electron chi connectivity index (χ3n) is 5.46. The summed E-state index contributed by atoms with van der Waals surface area (Å²) in [7, 11) is -3.45. The molecule has 7 nitrogen and oxygen atoms in total. The van der Waals surface area contributed by atoms with Gasteiger partial charge in [0.05, 0.1) is 11.4 Å². The Hall–Kier alpha value is -2.58. The minimum absolute atomic E-state index is 0.225. The zero-order valence-corrected chi connectivity index (χ0v) is 19.8. The number of hydrogen-bond acceptors (Lipinski definition) is 5. The summed E-state index contributed by atoms with van der Waals surface area (Å²) in [6, 6.07) is 12.3. The first-order chi connectivity index (χ1) is 15.3. The summed E-state index contributed by atoms with van der Waals surface area (Å²) < 4.78 is 38.4. The lowest BCUT2D eigenvalue weighted by atomic mass is 10.1. The van der Waals surface area contributed by atoms with Crippen molar-refractivity contribution in [2.24, 2.45) is 0 Å². The number of sulfonamides is 1. The molecule has 1 aliphatic heterocycles. The van der Waals surface area contributed by atoms with Gasteiger partial charge in [-0.3, -0.25) is 4.79 Å². The van der Waals surface area contributed by atoms with E-state index >= 15 is 0 Å². The van der Waals surface area contributed by atoms with Crippen LogP contribution in [0.4, 0.5) is 0 Å². The van der Waals surface area contributed by atoms with Crippen molar-refractivity contribution in [1.82, 2.24) is 9.62 Å². The fourth-order valence-corrected chi connectivity index (χ4v) is 5.04. The lowest BCUT2D eigenvalue weighted by Gasteiger charge is -2.25. The van der Waals surface area contributed by atoms with Crippen LogP contribution in [0.2, 0.25) is 0 Å². The largest absolute Gasteiger partial charge is 0.492 e. The molecule has 3 rings (SSSR count). The number of piperidine rings is 1. The molecule has 1 aliphatic rings. The second-order valence-electron chi connectivity index (χ2n) is 8.10. The molecule has 2 aromatic carbocycles. The van der Waals surface area contributed by atoms with E-state index in [1.165, 1.54) is 0 Å². The molecule has 0 bridgehead atoms. The van der Waals surface area contributed by atoms with Crippen LogP contribution in [0.3, 0.4) is 0 Å². The summed E-state index contributed by atoms with van der Waals surface area (Å²) in [5.74, 6) is 1.03.